The van der Waals surface area contributed by atoms with Crippen molar-refractivity contribution in [3.8, 4) is 5.75 Å². The van der Waals surface area contributed by atoms with Crippen LogP contribution in [0.5, 0.6) is 5.75 Å². The standard InChI is InChI=1S/C27H34Cl2N2O3/c1-4-25(27(33)30-21-7-5-6-8-21)31(16-19-9-14-23(28)24(29)15-19)26(32)17-34-22-12-10-20(11-13-22)18(2)3/h9-15,18,21,25H,4-8,16-17H2,1-3H3,(H,30,33)/t25-/m0/s1. The van der Waals surface area contributed by atoms with Gasteiger partial charge >= 0.3 is 0 Å². The maximum Gasteiger partial charge on any atom is 0.261 e. The van der Waals surface area contributed by atoms with Gasteiger partial charge in [-0.2, -0.15) is 0 Å². The molecule has 2 aromatic rings. The molecule has 0 unspecified atom stereocenters. The molecule has 184 valence electrons. The van der Waals surface area contributed by atoms with Gasteiger partial charge in [0.25, 0.3) is 5.91 Å². The average molecular weight is 505 g/mol. The Kier molecular flexibility index (Phi) is 9.66. The lowest BCUT2D eigenvalue weighted by Gasteiger charge is -2.31. The van der Waals surface area contributed by atoms with Gasteiger partial charge in [-0.15, -0.1) is 0 Å². The Morgan fingerprint density at radius 3 is 2.32 bits per heavy atom. The molecule has 1 N–H and O–H groups in total. The lowest BCUT2D eigenvalue weighted by atomic mass is 10.0. The molecule has 5 nitrogen and oxygen atoms in total. The molecule has 34 heavy (non-hydrogen) atoms. The van der Waals surface area contributed by atoms with Gasteiger partial charge in [0.2, 0.25) is 5.91 Å². The Morgan fingerprint density at radius 1 is 1.06 bits per heavy atom. The van der Waals surface area contributed by atoms with E-state index in [2.05, 4.69) is 19.2 Å². The monoisotopic (exact) mass is 504 g/mol. The smallest absolute Gasteiger partial charge is 0.261 e. The summed E-state index contributed by atoms with van der Waals surface area (Å²) in [7, 11) is 0. The van der Waals surface area contributed by atoms with E-state index < -0.39 is 6.04 Å². The number of halogens is 2. The molecule has 0 bridgehead atoms. The number of nitrogens with one attached hydrogen (secondary N) is 1. The van der Waals surface area contributed by atoms with E-state index in [1.807, 2.05) is 37.3 Å². The van der Waals surface area contributed by atoms with Crippen LogP contribution in [-0.4, -0.2) is 35.4 Å². The SMILES string of the molecule is CC[C@@H](C(=O)NC1CCCC1)N(Cc1ccc(Cl)c(Cl)c1)C(=O)COc1ccc(C(C)C)cc1. The van der Waals surface area contributed by atoms with Gasteiger partial charge in [-0.25, -0.2) is 0 Å². The van der Waals surface area contributed by atoms with Gasteiger partial charge in [-0.1, -0.05) is 75.0 Å². The minimum Gasteiger partial charge on any atom is -0.484 e. The van der Waals surface area contributed by atoms with E-state index in [1.165, 1.54) is 5.56 Å². The van der Waals surface area contributed by atoms with Crippen molar-refractivity contribution < 1.29 is 14.3 Å². The summed E-state index contributed by atoms with van der Waals surface area (Å²) in [4.78, 5) is 28.1. The normalized spacial score (nSPS) is 14.8. The van der Waals surface area contributed by atoms with Crippen LogP contribution in [0, 0.1) is 0 Å². The van der Waals surface area contributed by atoms with Crippen molar-refractivity contribution in [2.45, 2.75) is 77.4 Å². The molecular weight excluding hydrogens is 471 g/mol. The van der Waals surface area contributed by atoms with E-state index in [0.29, 0.717) is 28.1 Å². The van der Waals surface area contributed by atoms with Crippen LogP contribution in [-0.2, 0) is 16.1 Å². The van der Waals surface area contributed by atoms with Crippen LogP contribution < -0.4 is 10.1 Å². The number of nitrogens with zero attached hydrogens (tertiary/aromatic N) is 1. The minimum absolute atomic E-state index is 0.121. The van der Waals surface area contributed by atoms with E-state index >= 15 is 0 Å². The molecule has 1 fully saturated rings. The molecule has 2 aromatic carbocycles. The van der Waals surface area contributed by atoms with Crippen LogP contribution in [0.15, 0.2) is 42.5 Å². The van der Waals surface area contributed by atoms with Gasteiger partial charge in [0, 0.05) is 12.6 Å². The molecule has 0 radical (unpaired) electrons. The topological polar surface area (TPSA) is 58.6 Å². The molecule has 0 aliphatic heterocycles. The Hall–Kier alpha value is -2.24. The number of rotatable bonds is 10. The molecule has 7 heteroatoms. The molecule has 1 saturated carbocycles. The third-order valence-electron chi connectivity index (χ3n) is 6.33. The highest BCUT2D eigenvalue weighted by atomic mass is 35.5. The quantitative estimate of drug-likeness (QED) is 0.409. The zero-order valence-electron chi connectivity index (χ0n) is 20.2. The van der Waals surface area contributed by atoms with Crippen molar-refractivity contribution in [2.75, 3.05) is 6.61 Å². The first-order chi connectivity index (χ1) is 16.3. The van der Waals surface area contributed by atoms with E-state index in [-0.39, 0.29) is 31.0 Å². The van der Waals surface area contributed by atoms with Crippen molar-refractivity contribution in [1.29, 1.82) is 0 Å². The van der Waals surface area contributed by atoms with Crippen molar-refractivity contribution in [1.82, 2.24) is 10.2 Å². The first kappa shape index (κ1) is 26.4. The maximum absolute atomic E-state index is 13.4. The van der Waals surface area contributed by atoms with Crippen LogP contribution in [0.3, 0.4) is 0 Å². The second-order valence-corrected chi connectivity index (χ2v) is 10.0. The zero-order valence-corrected chi connectivity index (χ0v) is 21.7. The predicted molar refractivity (Wildman–Crippen MR) is 138 cm³/mol. The fraction of sp³-hybridized carbons (Fsp3) is 0.481. The van der Waals surface area contributed by atoms with Crippen molar-refractivity contribution in [3.63, 3.8) is 0 Å². The summed E-state index contributed by atoms with van der Waals surface area (Å²) < 4.78 is 5.80. The van der Waals surface area contributed by atoms with Crippen LogP contribution in [0.1, 0.15) is 69.9 Å². The van der Waals surface area contributed by atoms with Crippen molar-refractivity contribution in [2.24, 2.45) is 0 Å². The molecule has 2 amide bonds. The molecule has 1 atom stereocenters. The van der Waals surface area contributed by atoms with E-state index in [0.717, 1.165) is 31.2 Å². The molecular formula is C27H34Cl2N2O3. The Bertz CT molecular complexity index is 972. The fourth-order valence-electron chi connectivity index (χ4n) is 4.30. The first-order valence-corrected chi connectivity index (χ1v) is 12.8. The molecule has 0 heterocycles. The zero-order chi connectivity index (χ0) is 24.7. The highest BCUT2D eigenvalue weighted by Gasteiger charge is 2.31. The van der Waals surface area contributed by atoms with Crippen molar-refractivity contribution >= 4 is 35.0 Å². The minimum atomic E-state index is -0.602. The number of carbonyl (C=O) groups excluding carboxylic acids is 2. The van der Waals surface area contributed by atoms with Gasteiger partial charge in [0.1, 0.15) is 11.8 Å². The second kappa shape index (κ2) is 12.5. The summed E-state index contributed by atoms with van der Waals surface area (Å²) in [6.45, 7) is 6.25. The number of hydrogen-bond donors (Lipinski definition) is 1. The molecule has 0 saturated heterocycles. The van der Waals surface area contributed by atoms with Crippen molar-refractivity contribution in [3.05, 3.63) is 63.6 Å². The Morgan fingerprint density at radius 2 is 1.74 bits per heavy atom. The first-order valence-electron chi connectivity index (χ1n) is 12.0. The lowest BCUT2D eigenvalue weighted by molar-refractivity contribution is -0.143. The Balaban J connectivity index is 1.76. The van der Waals surface area contributed by atoms with Crippen LogP contribution in [0.4, 0.5) is 0 Å². The van der Waals surface area contributed by atoms with E-state index in [4.69, 9.17) is 27.9 Å². The highest BCUT2D eigenvalue weighted by molar-refractivity contribution is 6.42. The summed E-state index contributed by atoms with van der Waals surface area (Å²) in [5.74, 6) is 0.660. The number of carbonyl (C=O) groups is 2. The van der Waals surface area contributed by atoms with Crippen LogP contribution in [0.25, 0.3) is 0 Å². The molecule has 1 aliphatic rings. The number of benzene rings is 2. The van der Waals surface area contributed by atoms with E-state index in [9.17, 15) is 9.59 Å². The fourth-order valence-corrected chi connectivity index (χ4v) is 4.62. The summed E-state index contributed by atoms with van der Waals surface area (Å²) >= 11 is 12.3. The molecule has 0 spiro atoms. The third-order valence-corrected chi connectivity index (χ3v) is 7.07. The molecule has 1 aliphatic carbocycles. The van der Waals surface area contributed by atoms with Gasteiger partial charge in [0.15, 0.2) is 6.61 Å². The lowest BCUT2D eigenvalue weighted by Crippen LogP contribution is -2.52. The van der Waals surface area contributed by atoms with Gasteiger partial charge in [0.05, 0.1) is 10.0 Å². The van der Waals surface area contributed by atoms with Gasteiger partial charge in [-0.3, -0.25) is 9.59 Å². The summed E-state index contributed by atoms with van der Waals surface area (Å²) in [6, 6.07) is 12.6. The van der Waals surface area contributed by atoms with Gasteiger partial charge < -0.3 is 15.0 Å². The molecule has 0 aromatic heterocycles. The second-order valence-electron chi connectivity index (χ2n) is 9.20. The van der Waals surface area contributed by atoms with Crippen LogP contribution >= 0.6 is 23.2 Å². The number of amides is 2. The highest BCUT2D eigenvalue weighted by Crippen LogP contribution is 2.25. The van der Waals surface area contributed by atoms with E-state index in [1.54, 1.807) is 17.0 Å². The summed E-state index contributed by atoms with van der Waals surface area (Å²) in [6.07, 6.45) is 4.71. The average Bonchev–Trinajstić information content (AvgIpc) is 3.33. The maximum atomic E-state index is 13.4. The summed E-state index contributed by atoms with van der Waals surface area (Å²) in [5.41, 5.74) is 2.01. The third kappa shape index (κ3) is 7.13. The predicted octanol–water partition coefficient (Wildman–Crippen LogP) is 6.36. The number of ether oxygens (including phenoxy) is 1. The number of hydrogen-bond acceptors (Lipinski definition) is 3. The Labute approximate surface area is 212 Å². The molecule has 3 rings (SSSR count). The summed E-state index contributed by atoms with van der Waals surface area (Å²) in [5, 5.41) is 4.00. The largest absolute Gasteiger partial charge is 0.484 e. The van der Waals surface area contributed by atoms with Crippen LogP contribution in [0.2, 0.25) is 10.0 Å². The van der Waals surface area contributed by atoms with Gasteiger partial charge in [-0.05, 0) is 60.6 Å².